The minimum Gasteiger partial charge on any atom is -0.391 e. The van der Waals surface area contributed by atoms with Gasteiger partial charge in [-0.2, -0.15) is 4.98 Å². The Kier molecular flexibility index (Phi) is 4.45. The van der Waals surface area contributed by atoms with Crippen molar-refractivity contribution in [2.75, 3.05) is 12.3 Å². The predicted molar refractivity (Wildman–Crippen MR) is 91.4 cm³/mol. The number of aromatic nitrogens is 5. The average molecular weight is 396 g/mol. The van der Waals surface area contributed by atoms with Crippen molar-refractivity contribution in [1.82, 2.24) is 24.5 Å². The van der Waals surface area contributed by atoms with Gasteiger partial charge in [-0.05, 0) is 18.9 Å². The maximum atomic E-state index is 14.9. The number of ether oxygens (including phenoxy) is 1. The number of rotatable bonds is 4. The summed E-state index contributed by atoms with van der Waals surface area (Å²) in [5.74, 6) is -0.0469. The lowest BCUT2D eigenvalue weighted by molar-refractivity contribution is -0.187. The van der Waals surface area contributed by atoms with E-state index >= 15 is 0 Å². The predicted octanol–water partition coefficient (Wildman–Crippen LogP) is -1.25. The van der Waals surface area contributed by atoms with Crippen LogP contribution in [0.25, 0.3) is 0 Å². The second-order valence-electron chi connectivity index (χ2n) is 7.23. The van der Waals surface area contributed by atoms with E-state index in [1.807, 2.05) is 0 Å². The normalized spacial score (nSPS) is 32.1. The van der Waals surface area contributed by atoms with Crippen LogP contribution in [0.4, 0.5) is 10.2 Å². The quantitative estimate of drug-likeness (QED) is 0.495. The van der Waals surface area contributed by atoms with Gasteiger partial charge in [-0.25, -0.2) is 13.9 Å². The monoisotopic (exact) mass is 396 g/mol. The summed E-state index contributed by atoms with van der Waals surface area (Å²) in [6.07, 6.45) is -0.323. The summed E-state index contributed by atoms with van der Waals surface area (Å²) in [6.45, 7) is -0.844. The first-order valence-electron chi connectivity index (χ1n) is 8.92. The lowest BCUT2D eigenvalue weighted by atomic mass is 9.99. The number of aliphatic hydroxyl groups excluding tert-OH is 2. The Bertz CT molecular complexity index is 928. The Morgan fingerprint density at radius 1 is 1.39 bits per heavy atom. The standard InChI is InChI=1S/C16H21FN6O5/c17-11-12(25)16(8-24,28-13(11)22-6-3-10(18)19-14(22)26)23-7-9(20-21-23)15(27)4-1-2-5-15/h3,6-7,11-13,24-25,27H,1-2,4-5,8H2,(H2,18,19,26)/t11-,12-,13+,16+/m0/s1. The molecule has 0 spiro atoms. The third kappa shape index (κ3) is 2.71. The molecule has 11 nitrogen and oxygen atoms in total. The molecule has 0 radical (unpaired) electrons. The first-order valence-corrected chi connectivity index (χ1v) is 8.92. The van der Waals surface area contributed by atoms with Crippen molar-refractivity contribution in [1.29, 1.82) is 0 Å². The van der Waals surface area contributed by atoms with Crippen LogP contribution in [0.5, 0.6) is 0 Å². The molecular formula is C16H21FN6O5. The molecular weight excluding hydrogens is 375 g/mol. The Morgan fingerprint density at radius 2 is 2.11 bits per heavy atom. The lowest BCUT2D eigenvalue weighted by Gasteiger charge is -2.29. The van der Waals surface area contributed by atoms with Crippen LogP contribution in [-0.2, 0) is 16.1 Å². The summed E-state index contributed by atoms with van der Waals surface area (Å²) in [4.78, 5) is 15.6. The number of hydrogen-bond acceptors (Lipinski definition) is 9. The van der Waals surface area contributed by atoms with Crippen molar-refractivity contribution in [2.45, 2.75) is 55.5 Å². The highest BCUT2D eigenvalue weighted by Crippen LogP contribution is 2.43. The fourth-order valence-electron chi connectivity index (χ4n) is 3.85. The second kappa shape index (κ2) is 6.58. The van der Waals surface area contributed by atoms with Gasteiger partial charge in [0.2, 0.25) is 5.72 Å². The van der Waals surface area contributed by atoms with Crippen LogP contribution >= 0.6 is 0 Å². The molecule has 12 heteroatoms. The Labute approximate surface area is 158 Å². The summed E-state index contributed by atoms with van der Waals surface area (Å²) in [5, 5.41) is 38.9. The molecule has 0 aromatic carbocycles. The van der Waals surface area contributed by atoms with Gasteiger partial charge in [0.1, 0.15) is 23.2 Å². The van der Waals surface area contributed by atoms with E-state index in [4.69, 9.17) is 10.5 Å². The molecule has 1 aliphatic carbocycles. The molecule has 0 bridgehead atoms. The molecule has 5 N–H and O–H groups in total. The number of nitrogen functional groups attached to an aromatic ring is 1. The maximum absolute atomic E-state index is 14.9. The molecule has 2 aromatic rings. The zero-order valence-electron chi connectivity index (χ0n) is 14.8. The molecule has 1 aliphatic heterocycles. The highest BCUT2D eigenvalue weighted by atomic mass is 19.1. The summed E-state index contributed by atoms with van der Waals surface area (Å²) < 4.78 is 22.3. The van der Waals surface area contributed by atoms with Crippen molar-refractivity contribution in [2.24, 2.45) is 0 Å². The summed E-state index contributed by atoms with van der Waals surface area (Å²) in [6, 6.07) is 1.28. The number of nitrogens with zero attached hydrogens (tertiary/aromatic N) is 5. The van der Waals surface area contributed by atoms with E-state index in [0.29, 0.717) is 12.8 Å². The zero-order chi connectivity index (χ0) is 20.1. The van der Waals surface area contributed by atoms with E-state index in [0.717, 1.165) is 22.1 Å². The third-order valence-electron chi connectivity index (χ3n) is 5.50. The van der Waals surface area contributed by atoms with E-state index in [9.17, 15) is 24.5 Å². The smallest absolute Gasteiger partial charge is 0.351 e. The molecule has 1 saturated carbocycles. The van der Waals surface area contributed by atoms with E-state index < -0.39 is 42.1 Å². The number of alkyl halides is 1. The van der Waals surface area contributed by atoms with Gasteiger partial charge in [0.05, 0.1) is 12.8 Å². The maximum Gasteiger partial charge on any atom is 0.351 e. The van der Waals surface area contributed by atoms with Crippen LogP contribution in [0.15, 0.2) is 23.3 Å². The molecule has 3 heterocycles. The third-order valence-corrected chi connectivity index (χ3v) is 5.50. The summed E-state index contributed by atoms with van der Waals surface area (Å²) in [5.41, 5.74) is 1.64. The van der Waals surface area contributed by atoms with E-state index in [1.54, 1.807) is 0 Å². The first kappa shape index (κ1) is 18.9. The molecule has 1 saturated heterocycles. The van der Waals surface area contributed by atoms with Crippen LogP contribution in [0.3, 0.4) is 0 Å². The largest absolute Gasteiger partial charge is 0.391 e. The summed E-state index contributed by atoms with van der Waals surface area (Å²) in [7, 11) is 0. The topological polar surface area (TPSA) is 162 Å². The number of hydrogen-bond donors (Lipinski definition) is 4. The van der Waals surface area contributed by atoms with Gasteiger partial charge in [-0.1, -0.05) is 18.1 Å². The molecule has 4 rings (SSSR count). The highest BCUT2D eigenvalue weighted by Gasteiger charge is 2.58. The number of aliphatic hydroxyl groups is 3. The fraction of sp³-hybridized carbons (Fsp3) is 0.625. The van der Waals surface area contributed by atoms with Crippen molar-refractivity contribution in [3.8, 4) is 0 Å². The molecule has 2 aromatic heterocycles. The molecule has 2 aliphatic rings. The minimum absolute atomic E-state index is 0.0469. The van der Waals surface area contributed by atoms with Crippen LogP contribution < -0.4 is 11.4 Å². The van der Waals surface area contributed by atoms with Gasteiger partial charge in [-0.3, -0.25) is 4.57 Å². The fourth-order valence-corrected chi connectivity index (χ4v) is 3.85. The minimum atomic E-state index is -2.07. The molecule has 0 unspecified atom stereocenters. The van der Waals surface area contributed by atoms with Gasteiger partial charge < -0.3 is 25.8 Å². The van der Waals surface area contributed by atoms with Gasteiger partial charge in [0.15, 0.2) is 12.4 Å². The van der Waals surface area contributed by atoms with Gasteiger partial charge in [-0.15, -0.1) is 5.10 Å². The van der Waals surface area contributed by atoms with Crippen molar-refractivity contribution >= 4 is 5.82 Å². The highest BCUT2D eigenvalue weighted by molar-refractivity contribution is 5.23. The van der Waals surface area contributed by atoms with Gasteiger partial charge in [0, 0.05) is 6.20 Å². The SMILES string of the molecule is Nc1ccn([C@@H]2O[C@@](CO)(n3cc(C4(O)CCCC4)nn3)[C@@H](O)[C@@H]2F)c(=O)n1. The average Bonchev–Trinajstić information content (AvgIpc) is 3.38. The van der Waals surface area contributed by atoms with Gasteiger partial charge >= 0.3 is 5.69 Å². The first-order chi connectivity index (χ1) is 13.3. The van der Waals surface area contributed by atoms with E-state index in [-0.39, 0.29) is 11.5 Å². The Balaban J connectivity index is 1.71. The molecule has 4 atom stereocenters. The number of halogens is 1. The van der Waals surface area contributed by atoms with E-state index in [1.165, 1.54) is 18.5 Å². The summed E-state index contributed by atoms with van der Waals surface area (Å²) >= 11 is 0. The number of nitrogens with two attached hydrogens (primary N) is 1. The van der Waals surface area contributed by atoms with E-state index in [2.05, 4.69) is 15.3 Å². The molecule has 0 amide bonds. The molecule has 2 fully saturated rings. The van der Waals surface area contributed by atoms with Crippen molar-refractivity contribution in [3.05, 3.63) is 34.6 Å². The number of anilines is 1. The van der Waals surface area contributed by atoms with Crippen LogP contribution in [0, 0.1) is 0 Å². The molecule has 28 heavy (non-hydrogen) atoms. The second-order valence-corrected chi connectivity index (χ2v) is 7.23. The van der Waals surface area contributed by atoms with Gasteiger partial charge in [0.25, 0.3) is 0 Å². The van der Waals surface area contributed by atoms with Crippen molar-refractivity contribution < 1.29 is 24.4 Å². The molecule has 152 valence electrons. The van der Waals surface area contributed by atoms with Crippen LogP contribution in [0.2, 0.25) is 0 Å². The van der Waals surface area contributed by atoms with Crippen LogP contribution in [0.1, 0.15) is 37.6 Å². The Hall–Kier alpha value is -2.41. The lowest BCUT2D eigenvalue weighted by Crippen LogP contribution is -2.48. The van der Waals surface area contributed by atoms with Crippen molar-refractivity contribution in [3.63, 3.8) is 0 Å². The zero-order valence-corrected chi connectivity index (χ0v) is 14.8. The van der Waals surface area contributed by atoms with Crippen LogP contribution in [-0.4, -0.2) is 58.7 Å². The Morgan fingerprint density at radius 3 is 2.75 bits per heavy atom.